The van der Waals surface area contributed by atoms with Gasteiger partial charge in [0.15, 0.2) is 0 Å². The van der Waals surface area contributed by atoms with Crippen molar-refractivity contribution in [2.24, 2.45) is 5.11 Å². The maximum absolute atomic E-state index is 8.38. The van der Waals surface area contributed by atoms with E-state index >= 15 is 0 Å². The Labute approximate surface area is 158 Å². The highest BCUT2D eigenvalue weighted by atomic mass is 79.9. The normalized spacial score (nSPS) is 11.6. The predicted octanol–water partition coefficient (Wildman–Crippen LogP) is 5.05. The van der Waals surface area contributed by atoms with Gasteiger partial charge in [-0.25, -0.2) is 0 Å². The average Bonchev–Trinajstić information content (AvgIpc) is 2.65. The molecule has 1 unspecified atom stereocenters. The third-order valence-electron chi connectivity index (χ3n) is 3.53. The molecule has 0 aliphatic heterocycles. The van der Waals surface area contributed by atoms with Crippen LogP contribution in [0.15, 0.2) is 58.5 Å². The van der Waals surface area contributed by atoms with Crippen molar-refractivity contribution in [1.82, 2.24) is 9.97 Å². The van der Waals surface area contributed by atoms with Crippen LogP contribution in [0, 0.1) is 0 Å². The Morgan fingerprint density at radius 2 is 2.08 bits per heavy atom. The summed E-state index contributed by atoms with van der Waals surface area (Å²) in [5.74, 6) is 1.29. The second kappa shape index (κ2) is 8.51. The summed E-state index contributed by atoms with van der Waals surface area (Å²) >= 11 is 3.46. The van der Waals surface area contributed by atoms with Gasteiger partial charge in [-0.15, -0.1) is 0 Å². The number of hydrogen-bond acceptors (Lipinski definition) is 5. The first-order chi connectivity index (χ1) is 12.6. The van der Waals surface area contributed by atoms with E-state index in [4.69, 9.17) is 15.0 Å². The Morgan fingerprint density at radius 3 is 2.92 bits per heavy atom. The SMILES string of the molecule is CC(COc1cncc(CN=[N+]=[N-])c1)Oc1cnc2ccc(Br)cc2c1. The minimum atomic E-state index is -0.179. The number of aromatic nitrogens is 2. The third-order valence-corrected chi connectivity index (χ3v) is 4.02. The van der Waals surface area contributed by atoms with E-state index in [0.29, 0.717) is 18.1 Å². The van der Waals surface area contributed by atoms with Crippen LogP contribution < -0.4 is 9.47 Å². The van der Waals surface area contributed by atoms with Crippen molar-refractivity contribution in [3.8, 4) is 11.5 Å². The zero-order chi connectivity index (χ0) is 18.4. The molecule has 7 nitrogen and oxygen atoms in total. The van der Waals surface area contributed by atoms with E-state index in [1.165, 1.54) is 0 Å². The van der Waals surface area contributed by atoms with Crippen LogP contribution in [0.5, 0.6) is 11.5 Å². The number of nitrogens with zero attached hydrogens (tertiary/aromatic N) is 5. The molecule has 132 valence electrons. The molecule has 0 bridgehead atoms. The molecule has 3 aromatic rings. The molecule has 3 rings (SSSR count). The molecule has 8 heteroatoms. The van der Waals surface area contributed by atoms with E-state index in [1.807, 2.05) is 31.2 Å². The Balaban J connectivity index is 1.60. The van der Waals surface area contributed by atoms with Crippen molar-refractivity contribution in [3.05, 3.63) is 69.4 Å². The van der Waals surface area contributed by atoms with Crippen LogP contribution in [0.2, 0.25) is 0 Å². The highest BCUT2D eigenvalue weighted by Crippen LogP contribution is 2.23. The lowest BCUT2D eigenvalue weighted by molar-refractivity contribution is 0.142. The minimum Gasteiger partial charge on any atom is -0.488 e. The first-order valence-electron chi connectivity index (χ1n) is 7.93. The number of pyridine rings is 2. The fraction of sp³-hybridized carbons (Fsp3) is 0.222. The number of fused-ring (bicyclic) bond motifs is 1. The monoisotopic (exact) mass is 413 g/mol. The van der Waals surface area contributed by atoms with Gasteiger partial charge in [0.25, 0.3) is 0 Å². The smallest absolute Gasteiger partial charge is 0.138 e. The number of azide groups is 1. The van der Waals surface area contributed by atoms with Gasteiger partial charge in [0.1, 0.15) is 24.2 Å². The van der Waals surface area contributed by atoms with E-state index in [1.54, 1.807) is 24.7 Å². The molecule has 2 aromatic heterocycles. The summed E-state index contributed by atoms with van der Waals surface area (Å²) in [5.41, 5.74) is 10.1. The van der Waals surface area contributed by atoms with Crippen molar-refractivity contribution in [2.45, 2.75) is 19.6 Å². The molecule has 0 spiro atoms. The highest BCUT2D eigenvalue weighted by Gasteiger charge is 2.08. The van der Waals surface area contributed by atoms with Crippen molar-refractivity contribution < 1.29 is 9.47 Å². The number of rotatable bonds is 7. The number of hydrogen-bond donors (Lipinski definition) is 0. The van der Waals surface area contributed by atoms with Crippen LogP contribution in [0.1, 0.15) is 12.5 Å². The van der Waals surface area contributed by atoms with Crippen LogP contribution in [0.25, 0.3) is 21.3 Å². The van der Waals surface area contributed by atoms with Gasteiger partial charge in [-0.05, 0) is 48.4 Å². The van der Waals surface area contributed by atoms with Gasteiger partial charge >= 0.3 is 0 Å². The summed E-state index contributed by atoms with van der Waals surface area (Å²) in [6.45, 7) is 2.51. The lowest BCUT2D eigenvalue weighted by Gasteiger charge is -2.16. The molecule has 26 heavy (non-hydrogen) atoms. The second-order valence-corrected chi connectivity index (χ2v) is 6.58. The summed E-state index contributed by atoms with van der Waals surface area (Å²) in [4.78, 5) is 11.2. The fourth-order valence-corrected chi connectivity index (χ4v) is 2.75. The molecule has 0 radical (unpaired) electrons. The Kier molecular flexibility index (Phi) is 5.88. The molecule has 2 heterocycles. The quantitative estimate of drug-likeness (QED) is 0.307. The molecular formula is C18H16BrN5O2. The van der Waals surface area contributed by atoms with Crippen LogP contribution >= 0.6 is 15.9 Å². The first kappa shape index (κ1) is 18.0. The molecule has 0 fully saturated rings. The van der Waals surface area contributed by atoms with Gasteiger partial charge in [0.05, 0.1) is 24.5 Å². The van der Waals surface area contributed by atoms with Crippen molar-refractivity contribution in [3.63, 3.8) is 0 Å². The number of benzene rings is 1. The number of halogens is 1. The minimum absolute atomic E-state index is 0.179. The second-order valence-electron chi connectivity index (χ2n) is 5.67. The van der Waals surface area contributed by atoms with Crippen LogP contribution in [0.4, 0.5) is 0 Å². The van der Waals surface area contributed by atoms with Gasteiger partial charge in [0, 0.05) is 21.0 Å². The molecule has 0 saturated heterocycles. The highest BCUT2D eigenvalue weighted by molar-refractivity contribution is 9.10. The largest absolute Gasteiger partial charge is 0.488 e. The van der Waals surface area contributed by atoms with E-state index < -0.39 is 0 Å². The summed E-state index contributed by atoms with van der Waals surface area (Å²) in [5, 5.41) is 4.52. The molecule has 1 atom stereocenters. The van der Waals surface area contributed by atoms with Gasteiger partial charge < -0.3 is 9.47 Å². The molecule has 0 N–H and O–H groups in total. The maximum atomic E-state index is 8.38. The third kappa shape index (κ3) is 4.84. The Hall–Kier alpha value is -2.83. The molecule has 1 aromatic carbocycles. The van der Waals surface area contributed by atoms with E-state index in [-0.39, 0.29) is 12.6 Å². The van der Waals surface area contributed by atoms with Crippen molar-refractivity contribution >= 4 is 26.8 Å². The lowest BCUT2D eigenvalue weighted by Crippen LogP contribution is -2.21. The maximum Gasteiger partial charge on any atom is 0.138 e. The van der Waals surface area contributed by atoms with E-state index in [2.05, 4.69) is 35.9 Å². The summed E-state index contributed by atoms with van der Waals surface area (Å²) in [7, 11) is 0. The number of ether oxygens (including phenoxy) is 2. The molecule has 0 saturated carbocycles. The zero-order valence-electron chi connectivity index (χ0n) is 14.0. The van der Waals surface area contributed by atoms with Gasteiger partial charge in [0.2, 0.25) is 0 Å². The molecule has 0 aliphatic rings. The molecular weight excluding hydrogens is 398 g/mol. The van der Waals surface area contributed by atoms with Crippen LogP contribution in [-0.4, -0.2) is 22.7 Å². The Morgan fingerprint density at radius 1 is 1.19 bits per heavy atom. The van der Waals surface area contributed by atoms with E-state index in [0.717, 1.165) is 20.9 Å². The van der Waals surface area contributed by atoms with Crippen LogP contribution in [0.3, 0.4) is 0 Å². The molecule has 0 amide bonds. The van der Waals surface area contributed by atoms with Crippen molar-refractivity contribution in [1.29, 1.82) is 0 Å². The Bertz CT molecular complexity index is 959. The first-order valence-corrected chi connectivity index (χ1v) is 8.73. The van der Waals surface area contributed by atoms with E-state index in [9.17, 15) is 0 Å². The predicted molar refractivity (Wildman–Crippen MR) is 102 cm³/mol. The average molecular weight is 414 g/mol. The standard InChI is InChI=1S/C18H16BrN5O2/c1-12(11-25-16-4-13(7-21-9-16)8-23-24-20)26-17-6-14-5-15(19)2-3-18(14)22-10-17/h2-7,9-10,12H,8,11H2,1H3. The summed E-state index contributed by atoms with van der Waals surface area (Å²) < 4.78 is 12.6. The van der Waals surface area contributed by atoms with Gasteiger partial charge in [-0.1, -0.05) is 21.0 Å². The fourth-order valence-electron chi connectivity index (χ4n) is 2.37. The molecule has 0 aliphatic carbocycles. The lowest BCUT2D eigenvalue weighted by atomic mass is 10.2. The van der Waals surface area contributed by atoms with Crippen molar-refractivity contribution in [2.75, 3.05) is 6.61 Å². The van der Waals surface area contributed by atoms with Gasteiger partial charge in [-0.2, -0.15) is 0 Å². The van der Waals surface area contributed by atoms with Crippen LogP contribution in [-0.2, 0) is 6.54 Å². The zero-order valence-corrected chi connectivity index (χ0v) is 15.6. The van der Waals surface area contributed by atoms with Gasteiger partial charge in [-0.3, -0.25) is 9.97 Å². The summed E-state index contributed by atoms with van der Waals surface area (Å²) in [6.07, 6.45) is 4.78. The summed E-state index contributed by atoms with van der Waals surface area (Å²) in [6, 6.07) is 9.65. The topological polar surface area (TPSA) is 93.0 Å².